The summed E-state index contributed by atoms with van der Waals surface area (Å²) in [5.41, 5.74) is 1.87. The standard InChI is InChI=1S/C14H15BrN2O2/c1-18-13-7-3-5-10(16-13)9-11(15)12-6-4-8-14(17-12)19-2/h3-8,11H,9H2,1-2H3. The van der Waals surface area contributed by atoms with Crippen LogP contribution >= 0.6 is 15.9 Å². The Hall–Kier alpha value is -1.62. The molecule has 0 aliphatic rings. The Bertz CT molecular complexity index is 548. The molecule has 4 nitrogen and oxygen atoms in total. The summed E-state index contributed by atoms with van der Waals surface area (Å²) < 4.78 is 10.2. The van der Waals surface area contributed by atoms with E-state index >= 15 is 0 Å². The third-order valence-electron chi connectivity index (χ3n) is 2.65. The topological polar surface area (TPSA) is 44.2 Å². The van der Waals surface area contributed by atoms with E-state index in [2.05, 4.69) is 25.9 Å². The minimum absolute atomic E-state index is 0.0854. The van der Waals surface area contributed by atoms with E-state index in [1.54, 1.807) is 14.2 Å². The van der Waals surface area contributed by atoms with Crippen molar-refractivity contribution in [3.05, 3.63) is 47.8 Å². The Morgan fingerprint density at radius 2 is 1.63 bits per heavy atom. The summed E-state index contributed by atoms with van der Waals surface area (Å²) in [7, 11) is 3.22. The second-order valence-corrected chi connectivity index (χ2v) is 5.05. The maximum absolute atomic E-state index is 5.12. The lowest BCUT2D eigenvalue weighted by atomic mass is 10.1. The van der Waals surface area contributed by atoms with Crippen LogP contribution < -0.4 is 9.47 Å². The summed E-state index contributed by atoms with van der Waals surface area (Å²) in [6.45, 7) is 0. The molecule has 0 saturated heterocycles. The van der Waals surface area contributed by atoms with Crippen molar-refractivity contribution in [1.82, 2.24) is 9.97 Å². The monoisotopic (exact) mass is 322 g/mol. The highest BCUT2D eigenvalue weighted by molar-refractivity contribution is 9.09. The number of rotatable bonds is 5. The predicted molar refractivity (Wildman–Crippen MR) is 77.0 cm³/mol. The van der Waals surface area contributed by atoms with Crippen LogP contribution in [0.4, 0.5) is 0 Å². The van der Waals surface area contributed by atoms with Crippen LogP contribution in [0.1, 0.15) is 16.2 Å². The van der Waals surface area contributed by atoms with Crippen molar-refractivity contribution < 1.29 is 9.47 Å². The lowest BCUT2D eigenvalue weighted by Crippen LogP contribution is -2.02. The molecule has 2 rings (SSSR count). The van der Waals surface area contributed by atoms with E-state index in [1.807, 2.05) is 36.4 Å². The molecule has 0 aliphatic heterocycles. The molecule has 100 valence electrons. The summed E-state index contributed by atoms with van der Waals surface area (Å²) in [6, 6.07) is 11.4. The molecule has 0 radical (unpaired) electrons. The van der Waals surface area contributed by atoms with Gasteiger partial charge in [0.05, 0.1) is 24.7 Å². The molecule has 2 aromatic rings. The van der Waals surface area contributed by atoms with Gasteiger partial charge in [0.15, 0.2) is 0 Å². The molecule has 0 amide bonds. The second-order valence-electron chi connectivity index (χ2n) is 3.95. The van der Waals surface area contributed by atoms with Gasteiger partial charge in [-0.25, -0.2) is 9.97 Å². The second kappa shape index (κ2) is 6.52. The van der Waals surface area contributed by atoms with E-state index in [0.717, 1.165) is 17.8 Å². The minimum Gasteiger partial charge on any atom is -0.481 e. The fourth-order valence-electron chi connectivity index (χ4n) is 1.69. The first-order valence-corrected chi connectivity index (χ1v) is 6.79. The summed E-state index contributed by atoms with van der Waals surface area (Å²) in [5.74, 6) is 1.23. The smallest absolute Gasteiger partial charge is 0.213 e. The normalized spacial score (nSPS) is 11.9. The van der Waals surface area contributed by atoms with Crippen molar-refractivity contribution >= 4 is 15.9 Å². The number of ether oxygens (including phenoxy) is 2. The zero-order valence-electron chi connectivity index (χ0n) is 10.8. The summed E-state index contributed by atoms with van der Waals surface area (Å²) >= 11 is 3.63. The van der Waals surface area contributed by atoms with Crippen molar-refractivity contribution in [1.29, 1.82) is 0 Å². The first-order valence-electron chi connectivity index (χ1n) is 5.88. The van der Waals surface area contributed by atoms with Gasteiger partial charge in [-0.05, 0) is 12.1 Å². The van der Waals surface area contributed by atoms with Crippen molar-refractivity contribution in [2.45, 2.75) is 11.2 Å². The van der Waals surface area contributed by atoms with E-state index in [9.17, 15) is 0 Å². The zero-order chi connectivity index (χ0) is 13.7. The summed E-state index contributed by atoms with van der Waals surface area (Å²) in [6.07, 6.45) is 0.733. The van der Waals surface area contributed by atoms with E-state index in [4.69, 9.17) is 9.47 Å². The number of alkyl halides is 1. The van der Waals surface area contributed by atoms with Gasteiger partial charge in [0.1, 0.15) is 0 Å². The average Bonchev–Trinajstić information content (AvgIpc) is 2.47. The van der Waals surface area contributed by atoms with Gasteiger partial charge in [0.25, 0.3) is 0 Å². The van der Waals surface area contributed by atoms with Gasteiger partial charge >= 0.3 is 0 Å². The third-order valence-corrected chi connectivity index (χ3v) is 3.45. The highest BCUT2D eigenvalue weighted by atomic mass is 79.9. The maximum Gasteiger partial charge on any atom is 0.213 e. The van der Waals surface area contributed by atoms with Crippen LogP contribution in [-0.2, 0) is 6.42 Å². The van der Waals surface area contributed by atoms with Crippen molar-refractivity contribution in [3.63, 3.8) is 0 Å². The maximum atomic E-state index is 5.12. The van der Waals surface area contributed by atoms with Crippen molar-refractivity contribution in [3.8, 4) is 11.8 Å². The molecule has 2 aromatic heterocycles. The van der Waals surface area contributed by atoms with E-state index in [1.165, 1.54) is 0 Å². The number of methoxy groups -OCH3 is 2. The highest BCUT2D eigenvalue weighted by Gasteiger charge is 2.12. The molecule has 5 heteroatoms. The highest BCUT2D eigenvalue weighted by Crippen LogP contribution is 2.26. The Morgan fingerprint density at radius 3 is 2.32 bits per heavy atom. The number of pyridine rings is 2. The van der Waals surface area contributed by atoms with Crippen molar-refractivity contribution in [2.75, 3.05) is 14.2 Å². The number of halogens is 1. The van der Waals surface area contributed by atoms with Crippen molar-refractivity contribution in [2.24, 2.45) is 0 Å². The Morgan fingerprint density at radius 1 is 1.00 bits per heavy atom. The van der Waals surface area contributed by atoms with Gasteiger partial charge in [-0.3, -0.25) is 0 Å². The largest absolute Gasteiger partial charge is 0.481 e. The summed E-state index contributed by atoms with van der Waals surface area (Å²) in [5, 5.41) is 0. The molecule has 0 aliphatic carbocycles. The lowest BCUT2D eigenvalue weighted by Gasteiger charge is -2.10. The van der Waals surface area contributed by atoms with Gasteiger partial charge in [0.2, 0.25) is 11.8 Å². The van der Waals surface area contributed by atoms with Crippen LogP contribution in [0.3, 0.4) is 0 Å². The van der Waals surface area contributed by atoms with Crippen LogP contribution in [0, 0.1) is 0 Å². The van der Waals surface area contributed by atoms with Gasteiger partial charge in [-0.1, -0.05) is 28.1 Å². The van der Waals surface area contributed by atoms with Crippen LogP contribution in [0.2, 0.25) is 0 Å². The van der Waals surface area contributed by atoms with Gasteiger partial charge in [0, 0.05) is 24.2 Å². The van der Waals surface area contributed by atoms with Gasteiger partial charge in [-0.15, -0.1) is 0 Å². The first kappa shape index (κ1) is 13.8. The predicted octanol–water partition coefficient (Wildman–Crippen LogP) is 3.17. The zero-order valence-corrected chi connectivity index (χ0v) is 12.4. The number of nitrogens with zero attached hydrogens (tertiary/aromatic N) is 2. The molecule has 1 atom stereocenters. The molecule has 0 N–H and O–H groups in total. The summed E-state index contributed by atoms with van der Waals surface area (Å²) in [4.78, 5) is 8.88. The first-order chi connectivity index (χ1) is 9.22. The fourth-order valence-corrected chi connectivity index (χ4v) is 2.28. The minimum atomic E-state index is 0.0854. The third kappa shape index (κ3) is 3.67. The number of hydrogen-bond acceptors (Lipinski definition) is 4. The number of hydrogen-bond donors (Lipinski definition) is 0. The SMILES string of the molecule is COc1cccc(CC(Br)c2cccc(OC)n2)n1. The van der Waals surface area contributed by atoms with E-state index in [-0.39, 0.29) is 4.83 Å². The van der Waals surface area contributed by atoms with E-state index < -0.39 is 0 Å². The van der Waals surface area contributed by atoms with Crippen LogP contribution in [0.5, 0.6) is 11.8 Å². The average molecular weight is 323 g/mol. The molecule has 0 spiro atoms. The van der Waals surface area contributed by atoms with E-state index in [0.29, 0.717) is 11.8 Å². The molecule has 0 saturated carbocycles. The van der Waals surface area contributed by atoms with Crippen LogP contribution in [0.25, 0.3) is 0 Å². The van der Waals surface area contributed by atoms with Crippen LogP contribution in [0.15, 0.2) is 36.4 Å². The molecular weight excluding hydrogens is 308 g/mol. The Labute approximate surface area is 120 Å². The molecule has 0 bridgehead atoms. The Balaban J connectivity index is 2.13. The Kier molecular flexibility index (Phi) is 4.74. The van der Waals surface area contributed by atoms with Gasteiger partial charge in [-0.2, -0.15) is 0 Å². The number of aromatic nitrogens is 2. The molecule has 0 aromatic carbocycles. The molecule has 2 heterocycles. The molecule has 0 fully saturated rings. The fraction of sp³-hybridized carbons (Fsp3) is 0.286. The quantitative estimate of drug-likeness (QED) is 0.793. The van der Waals surface area contributed by atoms with Crippen LogP contribution in [-0.4, -0.2) is 24.2 Å². The molecule has 19 heavy (non-hydrogen) atoms. The van der Waals surface area contributed by atoms with Gasteiger partial charge < -0.3 is 9.47 Å². The molecule has 1 unspecified atom stereocenters. The molecular formula is C14H15BrN2O2. The lowest BCUT2D eigenvalue weighted by molar-refractivity contribution is 0.395.